The quantitative estimate of drug-likeness (QED) is 0.735. The zero-order valence-corrected chi connectivity index (χ0v) is 8.74. The van der Waals surface area contributed by atoms with Crippen LogP contribution < -0.4 is 0 Å². The topological polar surface area (TPSA) is 47.6 Å². The average Bonchev–Trinajstić information content (AvgIpc) is 3.07. The van der Waals surface area contributed by atoms with Crippen LogP contribution in [0.15, 0.2) is 52.2 Å². The van der Waals surface area contributed by atoms with E-state index < -0.39 is 0 Å². The van der Waals surface area contributed by atoms with E-state index in [1.54, 1.807) is 6.26 Å². The second kappa shape index (κ2) is 5.70. The summed E-state index contributed by atoms with van der Waals surface area (Å²) >= 11 is 0. The molecule has 0 saturated heterocycles. The molecule has 0 unspecified atom stereocenters. The predicted molar refractivity (Wildman–Crippen MR) is 61.3 cm³/mol. The highest BCUT2D eigenvalue weighted by Gasteiger charge is 1.96. The van der Waals surface area contributed by atoms with Gasteiger partial charge in [-0.3, -0.25) is 4.99 Å². The Kier molecular flexibility index (Phi) is 3.71. The molecule has 4 nitrogen and oxygen atoms in total. The first-order chi connectivity index (χ1) is 7.97. The molecule has 0 N–H and O–H groups in total. The van der Waals surface area contributed by atoms with Gasteiger partial charge >= 0.3 is 0 Å². The van der Waals surface area contributed by atoms with E-state index in [0.717, 1.165) is 24.4 Å². The van der Waals surface area contributed by atoms with Gasteiger partial charge in [0.05, 0.1) is 6.54 Å². The van der Waals surface area contributed by atoms with Gasteiger partial charge in [-0.05, 0) is 0 Å². The molecule has 82 valence electrons. The number of hydrogen-bond acceptors (Lipinski definition) is 4. The fraction of sp³-hybridized carbons (Fsp3) is 0.167. The Labute approximate surface area is 93.6 Å². The first-order valence-electron chi connectivity index (χ1n) is 5.02. The van der Waals surface area contributed by atoms with Crippen LogP contribution in [0.3, 0.4) is 0 Å². The number of ether oxygens (including phenoxy) is 1. The van der Waals surface area contributed by atoms with Crippen molar-refractivity contribution in [3.8, 4) is 11.3 Å². The molecule has 1 aliphatic rings. The number of aliphatic imine (C=N–C) groups is 1. The lowest BCUT2D eigenvalue weighted by atomic mass is 10.2. The van der Waals surface area contributed by atoms with Crippen molar-refractivity contribution in [1.82, 2.24) is 5.16 Å². The molecule has 0 fully saturated rings. The minimum atomic E-state index is 0.778. The summed E-state index contributed by atoms with van der Waals surface area (Å²) in [5.41, 5.74) is 1.96. The van der Waals surface area contributed by atoms with Gasteiger partial charge in [0.15, 0.2) is 6.40 Å². The number of rotatable bonds is 1. The largest absolute Gasteiger partial charge is 0.482 e. The molecule has 0 bridgehead atoms. The molecule has 4 heteroatoms. The molecule has 0 amide bonds. The Hall–Kier alpha value is -2.10. The highest BCUT2D eigenvalue weighted by Crippen LogP contribution is 2.14. The summed E-state index contributed by atoms with van der Waals surface area (Å²) < 4.78 is 9.37. The molecule has 3 rings (SSSR count). The number of aromatic nitrogens is 1. The van der Waals surface area contributed by atoms with Gasteiger partial charge in [-0.25, -0.2) is 0 Å². The highest BCUT2D eigenvalue weighted by molar-refractivity contribution is 5.57. The van der Waals surface area contributed by atoms with Gasteiger partial charge in [-0.15, -0.1) is 0 Å². The van der Waals surface area contributed by atoms with Crippen molar-refractivity contribution >= 4 is 6.40 Å². The molecule has 2 aromatic rings. The van der Waals surface area contributed by atoms with Gasteiger partial charge in [-0.1, -0.05) is 35.5 Å². The van der Waals surface area contributed by atoms with Crippen LogP contribution in [0.1, 0.15) is 0 Å². The lowest BCUT2D eigenvalue weighted by Gasteiger charge is -1.90. The maximum atomic E-state index is 4.72. The van der Waals surface area contributed by atoms with E-state index in [9.17, 15) is 0 Å². The second-order valence-electron chi connectivity index (χ2n) is 3.13. The smallest absolute Gasteiger partial charge is 0.169 e. The molecule has 0 spiro atoms. The normalized spacial score (nSPS) is 12.8. The van der Waals surface area contributed by atoms with Gasteiger partial charge in [0.25, 0.3) is 0 Å². The minimum absolute atomic E-state index is 0.778. The van der Waals surface area contributed by atoms with Crippen molar-refractivity contribution in [2.45, 2.75) is 0 Å². The van der Waals surface area contributed by atoms with E-state index in [-0.39, 0.29) is 0 Å². The van der Waals surface area contributed by atoms with E-state index in [2.05, 4.69) is 14.9 Å². The van der Waals surface area contributed by atoms with Gasteiger partial charge < -0.3 is 9.26 Å². The summed E-state index contributed by atoms with van der Waals surface area (Å²) in [7, 11) is 0. The molecule has 1 aliphatic heterocycles. The molecule has 1 aromatic carbocycles. The van der Waals surface area contributed by atoms with Crippen molar-refractivity contribution < 1.29 is 9.26 Å². The molecular formula is C12H12N2O2. The Morgan fingerprint density at radius 3 is 2.44 bits per heavy atom. The lowest BCUT2D eigenvalue weighted by Crippen LogP contribution is -1.80. The predicted octanol–water partition coefficient (Wildman–Crippen LogP) is 2.39. The summed E-state index contributed by atoms with van der Waals surface area (Å²) in [6.07, 6.45) is 3.06. The Bertz CT molecular complexity index is 418. The summed E-state index contributed by atoms with van der Waals surface area (Å²) in [6.45, 7) is 1.62. The minimum Gasteiger partial charge on any atom is -0.482 e. The highest BCUT2D eigenvalue weighted by atomic mass is 16.5. The van der Waals surface area contributed by atoms with Crippen LogP contribution >= 0.6 is 0 Å². The van der Waals surface area contributed by atoms with Crippen molar-refractivity contribution in [2.24, 2.45) is 4.99 Å². The molecule has 0 saturated carbocycles. The Morgan fingerprint density at radius 1 is 1.06 bits per heavy atom. The van der Waals surface area contributed by atoms with Crippen LogP contribution in [0.25, 0.3) is 11.3 Å². The first-order valence-corrected chi connectivity index (χ1v) is 5.02. The van der Waals surface area contributed by atoms with Gasteiger partial charge in [0, 0.05) is 11.6 Å². The van der Waals surface area contributed by atoms with Crippen LogP contribution in [0.5, 0.6) is 0 Å². The van der Waals surface area contributed by atoms with E-state index in [0.29, 0.717) is 0 Å². The van der Waals surface area contributed by atoms with E-state index >= 15 is 0 Å². The van der Waals surface area contributed by atoms with Crippen molar-refractivity contribution in [2.75, 3.05) is 13.2 Å². The van der Waals surface area contributed by atoms with Crippen LogP contribution in [-0.4, -0.2) is 24.7 Å². The van der Waals surface area contributed by atoms with Crippen molar-refractivity contribution in [1.29, 1.82) is 0 Å². The number of benzene rings is 1. The molecule has 0 radical (unpaired) electrons. The maximum Gasteiger partial charge on any atom is 0.169 e. The lowest BCUT2D eigenvalue weighted by molar-refractivity contribution is 0.361. The first kappa shape index (κ1) is 10.4. The van der Waals surface area contributed by atoms with Crippen molar-refractivity contribution in [3.05, 3.63) is 42.7 Å². The molecule has 1 aromatic heterocycles. The summed E-state index contributed by atoms with van der Waals surface area (Å²) in [4.78, 5) is 3.74. The fourth-order valence-corrected chi connectivity index (χ4v) is 1.23. The second-order valence-corrected chi connectivity index (χ2v) is 3.13. The Morgan fingerprint density at radius 2 is 1.94 bits per heavy atom. The SMILES string of the molecule is C1=NCCO1.c1ccc(-c2ccon2)cc1. The van der Waals surface area contributed by atoms with Crippen LogP contribution in [0.2, 0.25) is 0 Å². The summed E-state index contributed by atoms with van der Waals surface area (Å²) in [5, 5.41) is 3.81. The molecular weight excluding hydrogens is 204 g/mol. The van der Waals surface area contributed by atoms with Gasteiger partial charge in [0.1, 0.15) is 18.6 Å². The molecule has 16 heavy (non-hydrogen) atoms. The van der Waals surface area contributed by atoms with Crippen molar-refractivity contribution in [3.63, 3.8) is 0 Å². The standard InChI is InChI=1S/C9H7NO.C3H5NO/c1-2-4-8(5-3-1)9-6-7-11-10-9;1-2-5-3-4-1/h1-7H;3H,1-2H2. The van der Waals surface area contributed by atoms with E-state index in [1.165, 1.54) is 6.40 Å². The number of hydrogen-bond donors (Lipinski definition) is 0. The van der Waals surface area contributed by atoms with Crippen LogP contribution in [0.4, 0.5) is 0 Å². The molecule has 2 heterocycles. The Balaban J connectivity index is 0.000000162. The zero-order chi connectivity index (χ0) is 11.1. The summed E-state index contributed by atoms with van der Waals surface area (Å²) in [5.74, 6) is 0. The third-order valence-corrected chi connectivity index (χ3v) is 1.99. The summed E-state index contributed by atoms with van der Waals surface area (Å²) in [6, 6.07) is 11.8. The number of nitrogens with zero attached hydrogens (tertiary/aromatic N) is 2. The van der Waals surface area contributed by atoms with Crippen LogP contribution in [-0.2, 0) is 4.74 Å². The van der Waals surface area contributed by atoms with Gasteiger partial charge in [-0.2, -0.15) is 0 Å². The average molecular weight is 216 g/mol. The monoisotopic (exact) mass is 216 g/mol. The van der Waals surface area contributed by atoms with Gasteiger partial charge in [0.2, 0.25) is 0 Å². The zero-order valence-electron chi connectivity index (χ0n) is 8.74. The van der Waals surface area contributed by atoms with E-state index in [4.69, 9.17) is 4.52 Å². The van der Waals surface area contributed by atoms with Crippen LogP contribution in [0, 0.1) is 0 Å². The third-order valence-electron chi connectivity index (χ3n) is 1.99. The molecule has 0 aliphatic carbocycles. The third kappa shape index (κ3) is 2.95. The maximum absolute atomic E-state index is 4.72. The fourth-order valence-electron chi connectivity index (χ4n) is 1.23. The molecule has 0 atom stereocenters. The van der Waals surface area contributed by atoms with E-state index in [1.807, 2.05) is 36.4 Å².